The van der Waals surface area contributed by atoms with Gasteiger partial charge in [-0.05, 0) is 35.9 Å². The molecule has 0 fully saturated rings. The van der Waals surface area contributed by atoms with Crippen LogP contribution in [0.3, 0.4) is 0 Å². The van der Waals surface area contributed by atoms with Gasteiger partial charge in [-0.25, -0.2) is 4.68 Å². The van der Waals surface area contributed by atoms with E-state index in [9.17, 15) is 22.8 Å². The van der Waals surface area contributed by atoms with E-state index in [1.165, 1.54) is 23.0 Å². The normalized spacial score (nSPS) is 11.2. The first-order valence-electron chi connectivity index (χ1n) is 8.85. The van der Waals surface area contributed by atoms with Crippen LogP contribution in [-0.2, 0) is 19.3 Å². The van der Waals surface area contributed by atoms with E-state index in [1.54, 1.807) is 24.5 Å². The number of amides is 2. The van der Waals surface area contributed by atoms with Gasteiger partial charge in [-0.15, -0.1) is 5.10 Å². The Bertz CT molecular complexity index is 1020. The average Bonchev–Trinajstić information content (AvgIpc) is 3.21. The van der Waals surface area contributed by atoms with Gasteiger partial charge in [0.1, 0.15) is 0 Å². The van der Waals surface area contributed by atoms with Crippen LogP contribution in [0, 0.1) is 0 Å². The highest BCUT2D eigenvalue weighted by molar-refractivity contribution is 5.94. The molecule has 1 aromatic carbocycles. The second kappa shape index (κ2) is 9.16. The summed E-state index contributed by atoms with van der Waals surface area (Å²) in [5, 5.41) is 12.8. The lowest BCUT2D eigenvalue weighted by Crippen LogP contribution is -2.27. The third kappa shape index (κ3) is 5.63. The molecule has 2 N–H and O–H groups in total. The van der Waals surface area contributed by atoms with Crippen LogP contribution in [0.2, 0.25) is 0 Å². The summed E-state index contributed by atoms with van der Waals surface area (Å²) < 4.78 is 39.6. The zero-order chi connectivity index (χ0) is 21.6. The van der Waals surface area contributed by atoms with Crippen LogP contribution < -0.4 is 10.6 Å². The predicted molar refractivity (Wildman–Crippen MR) is 99.2 cm³/mol. The molecule has 11 heteroatoms. The summed E-state index contributed by atoms with van der Waals surface area (Å²) >= 11 is 0. The van der Waals surface area contributed by atoms with Crippen LogP contribution in [-0.4, -0.2) is 38.3 Å². The summed E-state index contributed by atoms with van der Waals surface area (Å²) in [6, 6.07) is 7.69. The minimum absolute atomic E-state index is 0.0938. The van der Waals surface area contributed by atoms with Gasteiger partial charge in [0.25, 0.3) is 11.8 Å². The molecule has 0 spiro atoms. The number of aromatic nitrogens is 4. The van der Waals surface area contributed by atoms with Gasteiger partial charge >= 0.3 is 6.18 Å². The number of nitrogens with zero attached hydrogens (tertiary/aromatic N) is 4. The lowest BCUT2D eigenvalue weighted by molar-refractivity contribution is -0.137. The van der Waals surface area contributed by atoms with E-state index in [0.717, 1.165) is 17.7 Å². The van der Waals surface area contributed by atoms with Crippen LogP contribution in [0.5, 0.6) is 0 Å². The Kier molecular flexibility index (Phi) is 6.40. The molecule has 0 saturated carbocycles. The maximum absolute atomic E-state index is 12.7. The Morgan fingerprint density at radius 1 is 1.03 bits per heavy atom. The second-order valence-electron chi connectivity index (χ2n) is 6.24. The van der Waals surface area contributed by atoms with Crippen molar-refractivity contribution >= 4 is 11.8 Å². The molecule has 2 amide bonds. The predicted octanol–water partition coefficient (Wildman–Crippen LogP) is 2.05. The van der Waals surface area contributed by atoms with Gasteiger partial charge < -0.3 is 10.6 Å². The van der Waals surface area contributed by atoms with Crippen LogP contribution in [0.25, 0.3) is 0 Å². The van der Waals surface area contributed by atoms with Crippen molar-refractivity contribution in [2.24, 2.45) is 0 Å². The van der Waals surface area contributed by atoms with E-state index in [2.05, 4.69) is 25.9 Å². The van der Waals surface area contributed by atoms with Crippen molar-refractivity contribution in [3.63, 3.8) is 0 Å². The van der Waals surface area contributed by atoms with Crippen molar-refractivity contribution in [1.82, 2.24) is 30.6 Å². The third-order valence-electron chi connectivity index (χ3n) is 4.05. The minimum atomic E-state index is -4.52. The third-order valence-corrected chi connectivity index (χ3v) is 4.05. The molecule has 0 radical (unpaired) electrons. The van der Waals surface area contributed by atoms with Crippen LogP contribution in [0.15, 0.2) is 55.0 Å². The molecule has 0 aliphatic heterocycles. The number of carbonyl (C=O) groups is 2. The monoisotopic (exact) mass is 418 g/mol. The fraction of sp³-hybridized carbons (Fsp3) is 0.211. The first-order valence-corrected chi connectivity index (χ1v) is 8.85. The largest absolute Gasteiger partial charge is 0.416 e. The summed E-state index contributed by atoms with van der Waals surface area (Å²) in [7, 11) is 0. The first-order chi connectivity index (χ1) is 14.3. The molecule has 0 bridgehead atoms. The van der Waals surface area contributed by atoms with Crippen LogP contribution >= 0.6 is 0 Å². The molecule has 0 atom stereocenters. The van der Waals surface area contributed by atoms with Crippen molar-refractivity contribution in [3.8, 4) is 0 Å². The molecule has 0 aliphatic rings. The van der Waals surface area contributed by atoms with Gasteiger partial charge in [0.2, 0.25) is 0 Å². The first kappa shape index (κ1) is 21.0. The molecule has 8 nitrogen and oxygen atoms in total. The number of carbonyl (C=O) groups excluding carboxylic acids is 2. The van der Waals surface area contributed by atoms with Gasteiger partial charge in [-0.1, -0.05) is 11.3 Å². The average molecular weight is 418 g/mol. The minimum Gasteiger partial charge on any atom is -0.350 e. The molecule has 2 aromatic heterocycles. The highest BCUT2D eigenvalue weighted by Crippen LogP contribution is 2.29. The van der Waals surface area contributed by atoms with Gasteiger partial charge in [0, 0.05) is 31.0 Å². The van der Waals surface area contributed by atoms with E-state index in [0.29, 0.717) is 6.54 Å². The van der Waals surface area contributed by atoms with Gasteiger partial charge in [-0.2, -0.15) is 13.2 Å². The summed E-state index contributed by atoms with van der Waals surface area (Å²) in [4.78, 5) is 28.1. The molecule has 156 valence electrons. The van der Waals surface area contributed by atoms with E-state index >= 15 is 0 Å². The highest BCUT2D eigenvalue weighted by atomic mass is 19.4. The number of nitrogens with one attached hydrogen (secondary N) is 2. The molecule has 0 aliphatic carbocycles. The molecular weight excluding hydrogens is 401 g/mol. The number of rotatable bonds is 7. The zero-order valence-corrected chi connectivity index (χ0v) is 15.6. The highest BCUT2D eigenvalue weighted by Gasteiger charge is 2.30. The fourth-order valence-corrected chi connectivity index (χ4v) is 2.51. The van der Waals surface area contributed by atoms with Crippen molar-refractivity contribution in [1.29, 1.82) is 0 Å². The van der Waals surface area contributed by atoms with E-state index in [-0.39, 0.29) is 24.3 Å². The smallest absolute Gasteiger partial charge is 0.350 e. The molecule has 0 saturated heterocycles. The molecule has 3 aromatic rings. The Hall–Kier alpha value is -3.76. The Labute approximate surface area is 169 Å². The number of hydrogen-bond acceptors (Lipinski definition) is 5. The van der Waals surface area contributed by atoms with Crippen molar-refractivity contribution in [2.45, 2.75) is 19.3 Å². The SMILES string of the molecule is O=C(NCCn1cc(C(=O)NCc2ccncc2)nn1)c1cccc(C(F)(F)F)c1. The molecule has 3 rings (SSSR count). The lowest BCUT2D eigenvalue weighted by Gasteiger charge is -2.09. The summed E-state index contributed by atoms with van der Waals surface area (Å²) in [5.74, 6) is -1.05. The second-order valence-corrected chi connectivity index (χ2v) is 6.24. The summed E-state index contributed by atoms with van der Waals surface area (Å²) in [6.45, 7) is 0.590. The molecular formula is C19H17F3N6O2. The van der Waals surface area contributed by atoms with Crippen molar-refractivity contribution in [3.05, 3.63) is 77.4 Å². The number of halogens is 3. The van der Waals surface area contributed by atoms with Crippen LogP contribution in [0.1, 0.15) is 32.0 Å². The van der Waals surface area contributed by atoms with Gasteiger partial charge in [0.05, 0.1) is 18.3 Å². The molecule has 2 heterocycles. The van der Waals surface area contributed by atoms with E-state index < -0.39 is 23.6 Å². The van der Waals surface area contributed by atoms with Gasteiger partial charge in [0.15, 0.2) is 5.69 Å². The van der Waals surface area contributed by atoms with E-state index in [4.69, 9.17) is 0 Å². The molecule has 30 heavy (non-hydrogen) atoms. The standard InChI is InChI=1S/C19H17F3N6O2/c20-19(21,22)15-3-1-2-14(10-15)17(29)24-8-9-28-12-16(26-27-28)18(30)25-11-13-4-6-23-7-5-13/h1-7,10,12H,8-9,11H2,(H,24,29)(H,25,30). The van der Waals surface area contributed by atoms with E-state index in [1.807, 2.05) is 0 Å². The maximum atomic E-state index is 12.7. The maximum Gasteiger partial charge on any atom is 0.416 e. The number of pyridine rings is 1. The molecule has 0 unspecified atom stereocenters. The lowest BCUT2D eigenvalue weighted by atomic mass is 10.1. The topological polar surface area (TPSA) is 102 Å². The zero-order valence-electron chi connectivity index (χ0n) is 15.6. The fourth-order valence-electron chi connectivity index (χ4n) is 2.51. The summed E-state index contributed by atoms with van der Waals surface area (Å²) in [5.41, 5.74) is -0.00949. The van der Waals surface area contributed by atoms with Crippen molar-refractivity contribution < 1.29 is 22.8 Å². The number of benzene rings is 1. The Morgan fingerprint density at radius 2 is 1.80 bits per heavy atom. The van der Waals surface area contributed by atoms with Crippen LogP contribution in [0.4, 0.5) is 13.2 Å². The summed E-state index contributed by atoms with van der Waals surface area (Å²) in [6.07, 6.45) is 0.126. The Morgan fingerprint density at radius 3 is 2.53 bits per heavy atom. The quantitative estimate of drug-likeness (QED) is 0.612. The Balaban J connectivity index is 1.48. The number of alkyl halides is 3. The number of hydrogen-bond donors (Lipinski definition) is 2. The van der Waals surface area contributed by atoms with Crippen molar-refractivity contribution in [2.75, 3.05) is 6.54 Å². The van der Waals surface area contributed by atoms with Gasteiger partial charge in [-0.3, -0.25) is 14.6 Å².